The van der Waals surface area contributed by atoms with Crippen LogP contribution >= 0.6 is 0 Å². The van der Waals surface area contributed by atoms with Crippen LogP contribution in [0, 0.1) is 14.9 Å². The van der Waals surface area contributed by atoms with E-state index in [9.17, 15) is 0 Å². The predicted molar refractivity (Wildman–Crippen MR) is 49.4 cm³/mol. The van der Waals surface area contributed by atoms with Gasteiger partial charge in [-0.1, -0.05) is 0 Å². The first kappa shape index (κ1) is 22.6. The first-order valence-corrected chi connectivity index (χ1v) is 2.83. The van der Waals surface area contributed by atoms with E-state index >= 15 is 0 Å². The number of hydrogen-bond donors (Lipinski definition) is 2. The molecule has 0 aromatic carbocycles. The Kier molecular flexibility index (Phi) is 12.6. The summed E-state index contributed by atoms with van der Waals surface area (Å²) in [7, 11) is 0. The van der Waals surface area contributed by atoms with Crippen molar-refractivity contribution in [1.29, 1.82) is 0 Å². The van der Waals surface area contributed by atoms with Crippen molar-refractivity contribution in [1.82, 2.24) is 0 Å². The van der Waals surface area contributed by atoms with Crippen molar-refractivity contribution in [2.75, 3.05) is 0 Å². The van der Waals surface area contributed by atoms with Gasteiger partial charge >= 0.3 is 20.4 Å². The Bertz CT molecular complexity index is 67.1. The van der Waals surface area contributed by atoms with E-state index in [2.05, 4.69) is 0 Å². The van der Waals surface area contributed by atoms with E-state index < -0.39 is 0 Å². The van der Waals surface area contributed by atoms with Crippen molar-refractivity contribution in [3.8, 4) is 0 Å². The molecule has 0 fully saturated rings. The molecule has 0 aromatic rings. The fraction of sp³-hybridized carbons (Fsp3) is 0.750. The Balaban J connectivity index is -0.0000000817. The summed E-state index contributed by atoms with van der Waals surface area (Å²) in [4.78, 5) is 0. The molecule has 0 aliphatic carbocycles. The van der Waals surface area contributed by atoms with Gasteiger partial charge in [0.1, 0.15) is 0 Å². The largest absolute Gasteiger partial charge is 2.00 e. The minimum Gasteiger partial charge on any atom is -0.358 e. The van der Waals surface area contributed by atoms with Gasteiger partial charge < -0.3 is 26.3 Å². The fourth-order valence-corrected chi connectivity index (χ4v) is 0. The van der Waals surface area contributed by atoms with Crippen LogP contribution in [0.5, 0.6) is 0 Å². The summed E-state index contributed by atoms with van der Waals surface area (Å²) in [6.45, 7) is 7.69. The van der Waals surface area contributed by atoms with Gasteiger partial charge in [0.05, 0.1) is 0 Å². The van der Waals surface area contributed by atoms with Gasteiger partial charge in [-0.25, -0.2) is 0 Å². The second-order valence-corrected chi connectivity index (χ2v) is 3.44. The minimum atomic E-state index is -0.285. The van der Waals surface area contributed by atoms with Crippen molar-refractivity contribution in [3.05, 3.63) is 14.9 Å². The third-order valence-corrected chi connectivity index (χ3v) is 1.66. The van der Waals surface area contributed by atoms with E-state index in [0.29, 0.717) is 0 Å². The Morgan fingerprint density at radius 3 is 0.818 bits per heavy atom. The molecule has 0 unspecified atom stereocenters. The van der Waals surface area contributed by atoms with Crippen LogP contribution in [0.25, 0.3) is 0 Å². The van der Waals surface area contributed by atoms with Crippen LogP contribution in [0.1, 0.15) is 27.7 Å². The second-order valence-electron chi connectivity index (χ2n) is 3.44. The molecule has 0 rings (SSSR count). The molecule has 11 heavy (non-hydrogen) atoms. The van der Waals surface area contributed by atoms with E-state index in [1.807, 2.05) is 27.7 Å². The van der Waals surface area contributed by atoms with Crippen molar-refractivity contribution in [3.63, 3.8) is 0 Å². The maximum absolute atomic E-state index is 5.69. The summed E-state index contributed by atoms with van der Waals surface area (Å²) >= 11 is 0. The van der Waals surface area contributed by atoms with E-state index in [-0.39, 0.29) is 46.4 Å². The van der Waals surface area contributed by atoms with Gasteiger partial charge in [-0.15, -0.1) is 0 Å². The summed E-state index contributed by atoms with van der Waals surface area (Å²) in [5.41, 5.74) is 10.8. The maximum atomic E-state index is 5.69. The smallest absolute Gasteiger partial charge is 0.358 e. The topological polar surface area (TPSA) is 52.0 Å². The van der Waals surface area contributed by atoms with Crippen LogP contribution in [0.15, 0.2) is 0 Å². The molecule has 0 aliphatic rings. The average Bonchev–Trinajstić information content (AvgIpc) is 1.25. The molecular formula is C8H22N2Pd. The molecule has 0 aromatic heterocycles. The molecule has 0 atom stereocenters. The van der Waals surface area contributed by atoms with Crippen molar-refractivity contribution >= 4 is 0 Å². The quantitative estimate of drug-likeness (QED) is 0.547. The van der Waals surface area contributed by atoms with E-state index in [1.165, 1.54) is 0 Å². The molecular weight excluding hydrogens is 231 g/mol. The molecule has 2 nitrogen and oxygen atoms in total. The molecule has 0 heterocycles. The average molecular weight is 253 g/mol. The van der Waals surface area contributed by atoms with Gasteiger partial charge in [0, 0.05) is 11.1 Å². The zero-order valence-corrected chi connectivity index (χ0v) is 10.0. The Morgan fingerprint density at radius 1 is 0.727 bits per heavy atom. The monoisotopic (exact) mass is 252 g/mol. The normalized spacial score (nSPS) is 10.4. The molecule has 0 amide bonds. The molecule has 0 saturated carbocycles. The molecule has 0 saturated heterocycles. The van der Waals surface area contributed by atoms with E-state index in [0.717, 1.165) is 0 Å². The van der Waals surface area contributed by atoms with Gasteiger partial charge in [-0.05, 0) is 27.7 Å². The van der Waals surface area contributed by atoms with Gasteiger partial charge in [0.15, 0.2) is 0 Å². The predicted octanol–water partition coefficient (Wildman–Crippen LogP) is 1.36. The third-order valence-electron chi connectivity index (χ3n) is 1.66. The maximum Gasteiger partial charge on any atom is 2.00 e. The Morgan fingerprint density at radius 2 is 0.818 bits per heavy atom. The molecule has 0 radical (unpaired) electrons. The number of rotatable bonds is 1. The van der Waals surface area contributed by atoms with Gasteiger partial charge in [0.2, 0.25) is 0 Å². The Hall–Kier alpha value is 0.582. The molecule has 74 valence electrons. The van der Waals surface area contributed by atoms with Crippen LogP contribution in [-0.4, -0.2) is 11.1 Å². The standard InChI is InChI=1S/C6H16N2.2CH3.Pd/c1-5(2,7)6(3,4)8;;;/h7-8H2,1-4H3;2*1H3;/q;2*-1;+2. The van der Waals surface area contributed by atoms with Crippen LogP contribution in [-0.2, 0) is 20.4 Å². The first-order valence-electron chi connectivity index (χ1n) is 2.83. The number of nitrogens with two attached hydrogens (primary N) is 2. The minimum absolute atomic E-state index is 0. The number of hydrogen-bond acceptors (Lipinski definition) is 2. The first-order chi connectivity index (χ1) is 3.25. The van der Waals surface area contributed by atoms with Crippen molar-refractivity contribution in [2.45, 2.75) is 38.8 Å². The SMILES string of the molecule is CC(C)(N)C(C)(C)N.[CH3-].[CH3-].[Pd+2]. The molecule has 4 N–H and O–H groups in total. The molecule has 3 heteroatoms. The molecule has 0 aliphatic heterocycles. The summed E-state index contributed by atoms with van der Waals surface area (Å²) < 4.78 is 0. The van der Waals surface area contributed by atoms with E-state index in [4.69, 9.17) is 11.5 Å². The van der Waals surface area contributed by atoms with Crippen LogP contribution in [0.3, 0.4) is 0 Å². The third kappa shape index (κ3) is 8.49. The summed E-state index contributed by atoms with van der Waals surface area (Å²) in [6.07, 6.45) is 0. The van der Waals surface area contributed by atoms with Crippen molar-refractivity contribution < 1.29 is 20.4 Å². The van der Waals surface area contributed by atoms with Gasteiger partial charge in [-0.2, -0.15) is 0 Å². The van der Waals surface area contributed by atoms with Gasteiger partial charge in [-0.3, -0.25) is 0 Å². The zero-order chi connectivity index (χ0) is 7.00. The Labute approximate surface area is 85.8 Å². The van der Waals surface area contributed by atoms with Gasteiger partial charge in [0.25, 0.3) is 0 Å². The fourth-order valence-electron chi connectivity index (χ4n) is 0. The summed E-state index contributed by atoms with van der Waals surface area (Å²) in [6, 6.07) is 0. The zero-order valence-electron chi connectivity index (χ0n) is 8.47. The molecule has 0 spiro atoms. The van der Waals surface area contributed by atoms with Crippen molar-refractivity contribution in [2.24, 2.45) is 11.5 Å². The molecule has 0 bridgehead atoms. The van der Waals surface area contributed by atoms with Crippen LogP contribution in [0.4, 0.5) is 0 Å². The van der Waals surface area contributed by atoms with Crippen LogP contribution < -0.4 is 11.5 Å². The van der Waals surface area contributed by atoms with Crippen LogP contribution in [0.2, 0.25) is 0 Å². The van der Waals surface area contributed by atoms with E-state index in [1.54, 1.807) is 0 Å². The second kappa shape index (κ2) is 6.14. The summed E-state index contributed by atoms with van der Waals surface area (Å²) in [5, 5.41) is 0. The summed E-state index contributed by atoms with van der Waals surface area (Å²) in [5.74, 6) is 0.